The van der Waals surface area contributed by atoms with E-state index in [4.69, 9.17) is 0 Å². The number of hydrogen-bond acceptors (Lipinski definition) is 2. The first-order valence-electron chi connectivity index (χ1n) is 9.83. The molecule has 3 aromatic rings. The van der Waals surface area contributed by atoms with E-state index in [1.54, 1.807) is 0 Å². The monoisotopic (exact) mass is 388 g/mol. The lowest BCUT2D eigenvalue weighted by atomic mass is 10.1. The van der Waals surface area contributed by atoms with Crippen LogP contribution in [-0.2, 0) is 4.79 Å². The molecular weight excluding hydrogens is 364 g/mol. The number of rotatable bonds is 6. The maximum absolute atomic E-state index is 12.7. The second-order valence-corrected chi connectivity index (χ2v) is 7.15. The Labute approximate surface area is 170 Å². The predicted molar refractivity (Wildman–Crippen MR) is 113 cm³/mol. The minimum Gasteiger partial charge on any atom is -0.340 e. The molecule has 0 saturated carbocycles. The summed E-state index contributed by atoms with van der Waals surface area (Å²) in [6.07, 6.45) is 5.37. The number of carbonyl (C=O) groups excluding carboxylic acids is 2. The third-order valence-electron chi connectivity index (χ3n) is 5.09. The van der Waals surface area contributed by atoms with Crippen LogP contribution in [0.2, 0.25) is 0 Å². The van der Waals surface area contributed by atoms with Gasteiger partial charge in [-0.3, -0.25) is 4.79 Å². The van der Waals surface area contributed by atoms with Gasteiger partial charge in [0.15, 0.2) is 0 Å². The number of benzene rings is 2. The number of nitrogens with one attached hydrogen (secondary N) is 2. The van der Waals surface area contributed by atoms with E-state index in [0.29, 0.717) is 18.7 Å². The van der Waals surface area contributed by atoms with Gasteiger partial charge in [0.2, 0.25) is 5.91 Å². The summed E-state index contributed by atoms with van der Waals surface area (Å²) >= 11 is 0. The van der Waals surface area contributed by atoms with Gasteiger partial charge in [-0.2, -0.15) is 0 Å². The topological polar surface area (TPSA) is 66.4 Å². The molecule has 6 heteroatoms. The molecule has 0 radical (unpaired) electrons. The van der Waals surface area contributed by atoms with Crippen LogP contribution in [0.4, 0.5) is 10.5 Å². The van der Waals surface area contributed by atoms with Crippen molar-refractivity contribution in [1.29, 1.82) is 0 Å². The average Bonchev–Trinajstić information content (AvgIpc) is 3.41. The predicted octanol–water partition coefficient (Wildman–Crippen LogP) is 3.96. The van der Waals surface area contributed by atoms with Gasteiger partial charge in [0, 0.05) is 43.3 Å². The lowest BCUT2D eigenvalue weighted by Gasteiger charge is -2.25. The van der Waals surface area contributed by atoms with Crippen molar-refractivity contribution in [1.82, 2.24) is 14.8 Å². The Bertz CT molecular complexity index is 970. The molecule has 1 saturated heterocycles. The second kappa shape index (κ2) is 8.65. The summed E-state index contributed by atoms with van der Waals surface area (Å²) in [6.45, 7) is 1.21. The van der Waals surface area contributed by atoms with Crippen LogP contribution in [0.3, 0.4) is 0 Å². The van der Waals surface area contributed by atoms with Gasteiger partial charge in [0.1, 0.15) is 0 Å². The third-order valence-corrected chi connectivity index (χ3v) is 5.09. The number of hydrogen-bond donors (Lipinski definition) is 2. The van der Waals surface area contributed by atoms with Crippen molar-refractivity contribution >= 4 is 17.6 Å². The molecule has 6 nitrogen and oxygen atoms in total. The van der Waals surface area contributed by atoms with Crippen LogP contribution in [-0.4, -0.2) is 34.5 Å². The summed E-state index contributed by atoms with van der Waals surface area (Å²) in [7, 11) is 0. The molecule has 4 rings (SSSR count). The molecule has 1 aromatic heterocycles. The van der Waals surface area contributed by atoms with E-state index in [9.17, 15) is 9.59 Å². The highest BCUT2D eigenvalue weighted by Gasteiger charge is 2.25. The van der Waals surface area contributed by atoms with Gasteiger partial charge >= 0.3 is 6.03 Å². The van der Waals surface area contributed by atoms with Crippen LogP contribution in [0, 0.1) is 0 Å². The number of nitrogens with zero attached hydrogens (tertiary/aromatic N) is 2. The Hall–Kier alpha value is -3.54. The van der Waals surface area contributed by atoms with Crippen molar-refractivity contribution in [3.63, 3.8) is 0 Å². The number of amides is 3. The molecule has 1 atom stereocenters. The van der Waals surface area contributed by atoms with Crippen LogP contribution in [0.15, 0.2) is 79.1 Å². The van der Waals surface area contributed by atoms with Gasteiger partial charge in [-0.05, 0) is 42.3 Å². The fourth-order valence-corrected chi connectivity index (χ4v) is 3.61. The lowest BCUT2D eigenvalue weighted by molar-refractivity contribution is -0.128. The van der Waals surface area contributed by atoms with Crippen molar-refractivity contribution in [2.75, 3.05) is 18.4 Å². The molecule has 1 fully saturated rings. The van der Waals surface area contributed by atoms with Crippen LogP contribution >= 0.6 is 0 Å². The van der Waals surface area contributed by atoms with Crippen LogP contribution in [0.5, 0.6) is 0 Å². The largest absolute Gasteiger partial charge is 0.340 e. The standard InChI is InChI=1S/C23H24N4O2/c28-22-12-7-15-27(22)17-21(18-8-2-1-3-9-18)25-23(29)24-19-10-6-11-20(16-19)26-13-4-5-14-26/h1-6,8-11,13-14,16,21H,7,12,15,17H2,(H2,24,25,29). The zero-order valence-electron chi connectivity index (χ0n) is 16.1. The van der Waals surface area contributed by atoms with Gasteiger partial charge in [-0.15, -0.1) is 0 Å². The average molecular weight is 388 g/mol. The summed E-state index contributed by atoms with van der Waals surface area (Å²) in [6, 6.07) is 20.8. The molecule has 29 heavy (non-hydrogen) atoms. The van der Waals surface area contributed by atoms with Crippen molar-refractivity contribution in [3.8, 4) is 5.69 Å². The van der Waals surface area contributed by atoms with Crippen molar-refractivity contribution < 1.29 is 9.59 Å². The van der Waals surface area contributed by atoms with Gasteiger partial charge in [0.25, 0.3) is 0 Å². The molecule has 0 aliphatic carbocycles. The number of carbonyl (C=O) groups is 2. The molecule has 2 N–H and O–H groups in total. The molecule has 2 aromatic carbocycles. The Morgan fingerprint density at radius 1 is 1.00 bits per heavy atom. The zero-order chi connectivity index (χ0) is 20.1. The quantitative estimate of drug-likeness (QED) is 0.671. The molecule has 1 aliphatic heterocycles. The lowest BCUT2D eigenvalue weighted by Crippen LogP contribution is -2.40. The van der Waals surface area contributed by atoms with E-state index >= 15 is 0 Å². The van der Waals surface area contributed by atoms with E-state index in [0.717, 1.165) is 24.2 Å². The van der Waals surface area contributed by atoms with E-state index in [1.165, 1.54) is 0 Å². The summed E-state index contributed by atoms with van der Waals surface area (Å²) in [4.78, 5) is 26.6. The van der Waals surface area contributed by atoms with Crippen molar-refractivity contribution in [3.05, 3.63) is 84.7 Å². The first kappa shape index (κ1) is 18.8. The fraction of sp³-hybridized carbons (Fsp3) is 0.217. The van der Waals surface area contributed by atoms with Crippen LogP contribution in [0.25, 0.3) is 5.69 Å². The van der Waals surface area contributed by atoms with Crippen molar-refractivity contribution in [2.24, 2.45) is 0 Å². The molecule has 0 spiro atoms. The molecule has 148 valence electrons. The highest BCUT2D eigenvalue weighted by molar-refractivity contribution is 5.90. The minimum atomic E-state index is -0.296. The van der Waals surface area contributed by atoms with E-state index in [2.05, 4.69) is 10.6 Å². The molecule has 3 amide bonds. The van der Waals surface area contributed by atoms with Crippen molar-refractivity contribution in [2.45, 2.75) is 18.9 Å². The fourth-order valence-electron chi connectivity index (χ4n) is 3.61. The Morgan fingerprint density at radius 3 is 2.52 bits per heavy atom. The second-order valence-electron chi connectivity index (χ2n) is 7.15. The van der Waals surface area contributed by atoms with E-state index in [1.807, 2.05) is 88.6 Å². The summed E-state index contributed by atoms with van der Waals surface area (Å²) < 4.78 is 1.98. The van der Waals surface area contributed by atoms with Gasteiger partial charge < -0.3 is 20.1 Å². The normalized spacial score (nSPS) is 14.6. The SMILES string of the molecule is O=C(Nc1cccc(-n2cccc2)c1)NC(CN1CCCC1=O)c1ccccc1. The first-order chi connectivity index (χ1) is 14.2. The Balaban J connectivity index is 1.46. The molecular formula is C23H24N4O2. The summed E-state index contributed by atoms with van der Waals surface area (Å²) in [5.41, 5.74) is 2.65. The summed E-state index contributed by atoms with van der Waals surface area (Å²) in [5.74, 6) is 0.146. The Kier molecular flexibility index (Phi) is 5.61. The molecule has 2 heterocycles. The molecule has 1 aliphatic rings. The number of urea groups is 1. The molecule has 1 unspecified atom stereocenters. The summed E-state index contributed by atoms with van der Waals surface area (Å²) in [5, 5.41) is 5.95. The van der Waals surface area contributed by atoms with Crippen LogP contribution < -0.4 is 10.6 Å². The smallest absolute Gasteiger partial charge is 0.319 e. The van der Waals surface area contributed by atoms with Gasteiger partial charge in [-0.25, -0.2) is 4.79 Å². The van der Waals surface area contributed by atoms with E-state index < -0.39 is 0 Å². The maximum Gasteiger partial charge on any atom is 0.319 e. The number of likely N-dealkylation sites (tertiary alicyclic amines) is 1. The first-order valence-corrected chi connectivity index (χ1v) is 9.83. The minimum absolute atomic E-state index is 0.146. The van der Waals surface area contributed by atoms with E-state index in [-0.39, 0.29) is 18.0 Å². The number of aromatic nitrogens is 1. The van der Waals surface area contributed by atoms with Gasteiger partial charge in [-0.1, -0.05) is 36.4 Å². The van der Waals surface area contributed by atoms with Crippen LogP contribution in [0.1, 0.15) is 24.4 Å². The maximum atomic E-state index is 12.7. The highest BCUT2D eigenvalue weighted by atomic mass is 16.2. The highest BCUT2D eigenvalue weighted by Crippen LogP contribution is 2.19. The third kappa shape index (κ3) is 4.66. The number of anilines is 1. The zero-order valence-corrected chi connectivity index (χ0v) is 16.1. The molecule has 0 bridgehead atoms. The Morgan fingerprint density at radius 2 is 1.79 bits per heavy atom. The van der Waals surface area contributed by atoms with Gasteiger partial charge in [0.05, 0.1) is 6.04 Å².